The van der Waals surface area contributed by atoms with Gasteiger partial charge in [0.1, 0.15) is 5.76 Å². The molecule has 2 N–H and O–H groups in total. The largest absolute Gasteiger partial charge is 0.469 e. The van der Waals surface area contributed by atoms with Gasteiger partial charge in [0, 0.05) is 0 Å². The minimum atomic E-state index is -0.307. The van der Waals surface area contributed by atoms with Gasteiger partial charge in [0.05, 0.1) is 24.4 Å². The Morgan fingerprint density at radius 2 is 1.91 bits per heavy atom. The summed E-state index contributed by atoms with van der Waals surface area (Å²) in [7, 11) is 0. The Kier molecular flexibility index (Phi) is 5.97. The Balaban J connectivity index is 1.90. The summed E-state index contributed by atoms with van der Waals surface area (Å²) in [6.07, 6.45) is 3.27. The summed E-state index contributed by atoms with van der Waals surface area (Å²) >= 11 is 0. The van der Waals surface area contributed by atoms with E-state index in [1.54, 1.807) is 13.0 Å². The second-order valence-electron chi connectivity index (χ2n) is 5.39. The van der Waals surface area contributed by atoms with Crippen LogP contribution in [0.4, 0.5) is 0 Å². The fourth-order valence-electron chi connectivity index (χ4n) is 2.42. The Bertz CT molecular complexity index is 649. The number of rotatable bonds is 7. The van der Waals surface area contributed by atoms with Crippen LogP contribution in [0.3, 0.4) is 0 Å². The summed E-state index contributed by atoms with van der Waals surface area (Å²) in [5.74, 6) is 0.0241. The Morgan fingerprint density at radius 3 is 2.52 bits per heavy atom. The molecule has 1 unspecified atom stereocenters. The highest BCUT2D eigenvalue weighted by molar-refractivity contribution is 5.97. The van der Waals surface area contributed by atoms with Gasteiger partial charge in [-0.05, 0) is 25.0 Å². The van der Waals surface area contributed by atoms with Gasteiger partial charge >= 0.3 is 0 Å². The van der Waals surface area contributed by atoms with Crippen molar-refractivity contribution in [1.29, 1.82) is 0 Å². The van der Waals surface area contributed by atoms with Gasteiger partial charge in [0.15, 0.2) is 0 Å². The van der Waals surface area contributed by atoms with Crippen molar-refractivity contribution in [3.05, 3.63) is 59.5 Å². The third kappa shape index (κ3) is 4.71. The molecule has 2 amide bonds. The van der Waals surface area contributed by atoms with Crippen LogP contribution >= 0.6 is 0 Å². The summed E-state index contributed by atoms with van der Waals surface area (Å²) in [5, 5.41) is 5.59. The summed E-state index contributed by atoms with van der Waals surface area (Å²) in [6.45, 7) is 3.73. The lowest BCUT2D eigenvalue weighted by Gasteiger charge is -2.18. The number of furan rings is 1. The zero-order chi connectivity index (χ0) is 16.7. The van der Waals surface area contributed by atoms with Crippen LogP contribution in [0.15, 0.2) is 47.1 Å². The molecule has 5 nitrogen and oxygen atoms in total. The molecule has 122 valence electrons. The first kappa shape index (κ1) is 16.8. The number of carbonyl (C=O) groups excluding carboxylic acids is 2. The number of hydrogen-bond donors (Lipinski definition) is 2. The predicted octanol–water partition coefficient (Wildman–Crippen LogP) is 2.98. The van der Waals surface area contributed by atoms with E-state index in [0.717, 1.165) is 18.4 Å². The van der Waals surface area contributed by atoms with Crippen LogP contribution < -0.4 is 10.6 Å². The van der Waals surface area contributed by atoms with E-state index in [0.29, 0.717) is 11.3 Å². The molecule has 23 heavy (non-hydrogen) atoms. The Hall–Kier alpha value is -2.56. The van der Waals surface area contributed by atoms with E-state index in [1.807, 2.05) is 30.3 Å². The van der Waals surface area contributed by atoms with Crippen LogP contribution in [-0.4, -0.2) is 18.4 Å². The van der Waals surface area contributed by atoms with Crippen molar-refractivity contribution >= 4 is 11.8 Å². The number of hydrogen-bond acceptors (Lipinski definition) is 3. The molecule has 0 aliphatic rings. The first-order valence-corrected chi connectivity index (χ1v) is 7.78. The molecule has 1 aromatic carbocycles. The molecule has 5 heteroatoms. The number of aryl methyl sites for hydroxylation is 1. The molecule has 0 bridgehead atoms. The number of amides is 2. The van der Waals surface area contributed by atoms with E-state index in [1.165, 1.54) is 6.26 Å². The minimum absolute atomic E-state index is 0.0405. The average molecular weight is 314 g/mol. The first-order valence-electron chi connectivity index (χ1n) is 7.78. The van der Waals surface area contributed by atoms with Crippen LogP contribution in [-0.2, 0) is 4.79 Å². The van der Waals surface area contributed by atoms with E-state index in [4.69, 9.17) is 4.42 Å². The topological polar surface area (TPSA) is 71.3 Å². The maximum atomic E-state index is 12.1. The third-order valence-electron chi connectivity index (χ3n) is 3.63. The van der Waals surface area contributed by atoms with Gasteiger partial charge in [0.2, 0.25) is 5.91 Å². The number of carbonyl (C=O) groups is 2. The standard InChI is InChI=1S/C18H22N2O3/c1-3-7-16(14-8-5-4-6-9-14)20-17(21)12-19-18(22)15-10-11-23-13(15)2/h4-6,8-11,16H,3,7,12H2,1-2H3,(H,19,22)(H,20,21). The van der Waals surface area contributed by atoms with Gasteiger partial charge in [-0.15, -0.1) is 0 Å². The highest BCUT2D eigenvalue weighted by atomic mass is 16.3. The summed E-state index contributed by atoms with van der Waals surface area (Å²) in [5.41, 5.74) is 1.52. The fraction of sp³-hybridized carbons (Fsp3) is 0.333. The lowest BCUT2D eigenvalue weighted by molar-refractivity contribution is -0.120. The first-order chi connectivity index (χ1) is 11.1. The second-order valence-corrected chi connectivity index (χ2v) is 5.39. The number of benzene rings is 1. The molecule has 1 aromatic heterocycles. The fourth-order valence-corrected chi connectivity index (χ4v) is 2.42. The third-order valence-corrected chi connectivity index (χ3v) is 3.63. The van der Waals surface area contributed by atoms with Gasteiger partial charge in [-0.1, -0.05) is 43.7 Å². The molecular weight excluding hydrogens is 292 g/mol. The van der Waals surface area contributed by atoms with Crippen molar-refractivity contribution < 1.29 is 14.0 Å². The Morgan fingerprint density at radius 1 is 1.17 bits per heavy atom. The van der Waals surface area contributed by atoms with Gasteiger partial charge in [0.25, 0.3) is 5.91 Å². The van der Waals surface area contributed by atoms with Crippen LogP contribution in [0.2, 0.25) is 0 Å². The van der Waals surface area contributed by atoms with Gasteiger partial charge in [-0.2, -0.15) is 0 Å². The van der Waals surface area contributed by atoms with Gasteiger partial charge < -0.3 is 15.1 Å². The summed E-state index contributed by atoms with van der Waals surface area (Å²) in [6, 6.07) is 11.4. The zero-order valence-electron chi connectivity index (χ0n) is 13.5. The molecule has 2 rings (SSSR count). The lowest BCUT2D eigenvalue weighted by atomic mass is 10.0. The highest BCUT2D eigenvalue weighted by Crippen LogP contribution is 2.17. The molecule has 0 aliphatic carbocycles. The van der Waals surface area contributed by atoms with Gasteiger partial charge in [-0.25, -0.2) is 0 Å². The molecule has 0 saturated carbocycles. The van der Waals surface area contributed by atoms with Crippen molar-refractivity contribution in [1.82, 2.24) is 10.6 Å². The predicted molar refractivity (Wildman–Crippen MR) is 88.0 cm³/mol. The molecule has 0 fully saturated rings. The zero-order valence-corrected chi connectivity index (χ0v) is 13.5. The van der Waals surface area contributed by atoms with Crippen molar-refractivity contribution in [3.8, 4) is 0 Å². The SMILES string of the molecule is CCCC(NC(=O)CNC(=O)c1ccoc1C)c1ccccc1. The monoisotopic (exact) mass is 314 g/mol. The van der Waals surface area contributed by atoms with E-state index >= 15 is 0 Å². The van der Waals surface area contributed by atoms with Crippen molar-refractivity contribution in [2.45, 2.75) is 32.7 Å². The molecule has 0 spiro atoms. The molecule has 1 atom stereocenters. The molecule has 2 aromatic rings. The van der Waals surface area contributed by atoms with Crippen LogP contribution in [0.1, 0.15) is 47.5 Å². The maximum absolute atomic E-state index is 12.1. The minimum Gasteiger partial charge on any atom is -0.469 e. The van der Waals surface area contributed by atoms with E-state index in [-0.39, 0.29) is 24.4 Å². The molecule has 0 radical (unpaired) electrons. The van der Waals surface area contributed by atoms with Crippen LogP contribution in [0.5, 0.6) is 0 Å². The maximum Gasteiger partial charge on any atom is 0.255 e. The number of nitrogens with one attached hydrogen (secondary N) is 2. The average Bonchev–Trinajstić information content (AvgIpc) is 2.99. The normalized spacial score (nSPS) is 11.7. The van der Waals surface area contributed by atoms with Crippen molar-refractivity contribution in [3.63, 3.8) is 0 Å². The smallest absolute Gasteiger partial charge is 0.255 e. The van der Waals surface area contributed by atoms with E-state index in [9.17, 15) is 9.59 Å². The van der Waals surface area contributed by atoms with Crippen molar-refractivity contribution in [2.75, 3.05) is 6.54 Å². The van der Waals surface area contributed by atoms with Gasteiger partial charge in [-0.3, -0.25) is 9.59 Å². The second kappa shape index (κ2) is 8.17. The van der Waals surface area contributed by atoms with E-state index in [2.05, 4.69) is 17.6 Å². The molecular formula is C18H22N2O3. The Labute approximate surface area is 136 Å². The van der Waals surface area contributed by atoms with Crippen LogP contribution in [0, 0.1) is 6.92 Å². The van der Waals surface area contributed by atoms with Crippen molar-refractivity contribution in [2.24, 2.45) is 0 Å². The highest BCUT2D eigenvalue weighted by Gasteiger charge is 2.16. The molecule has 0 saturated heterocycles. The molecule has 1 heterocycles. The van der Waals surface area contributed by atoms with Crippen LogP contribution in [0.25, 0.3) is 0 Å². The summed E-state index contributed by atoms with van der Waals surface area (Å²) < 4.78 is 5.09. The quantitative estimate of drug-likeness (QED) is 0.825. The lowest BCUT2D eigenvalue weighted by Crippen LogP contribution is -2.38. The summed E-state index contributed by atoms with van der Waals surface area (Å²) in [4.78, 5) is 24.1. The molecule has 0 aliphatic heterocycles. The van der Waals surface area contributed by atoms with E-state index < -0.39 is 0 Å².